The van der Waals surface area contributed by atoms with Crippen molar-refractivity contribution >= 4 is 11.9 Å². The third-order valence-electron chi connectivity index (χ3n) is 2.96. The molecule has 6 heteroatoms. The van der Waals surface area contributed by atoms with Gasteiger partial charge in [-0.05, 0) is 25.0 Å². The van der Waals surface area contributed by atoms with Crippen LogP contribution < -0.4 is 5.32 Å². The van der Waals surface area contributed by atoms with Crippen LogP contribution in [0, 0.1) is 5.95 Å². The molecule has 0 aliphatic rings. The number of aliphatic carboxylic acids is 1. The fourth-order valence-electron chi connectivity index (χ4n) is 1.58. The Balaban J connectivity index is 2.91. The minimum absolute atomic E-state index is 0.129. The number of carboxylic acids is 1. The monoisotopic (exact) mass is 254 g/mol. The van der Waals surface area contributed by atoms with Gasteiger partial charge in [0.1, 0.15) is 5.54 Å². The first-order valence-corrected chi connectivity index (χ1v) is 5.62. The maximum Gasteiger partial charge on any atom is 0.329 e. The van der Waals surface area contributed by atoms with Crippen molar-refractivity contribution in [2.45, 2.75) is 32.2 Å². The maximum atomic E-state index is 12.6. The van der Waals surface area contributed by atoms with Crippen molar-refractivity contribution in [1.29, 1.82) is 0 Å². The molecule has 2 N–H and O–H groups in total. The van der Waals surface area contributed by atoms with Gasteiger partial charge in [0.15, 0.2) is 0 Å². The molecule has 18 heavy (non-hydrogen) atoms. The number of carboxylic acid groups (broad SMARTS) is 1. The van der Waals surface area contributed by atoms with Crippen LogP contribution in [0.1, 0.15) is 37.0 Å². The molecule has 1 rings (SSSR count). The van der Waals surface area contributed by atoms with E-state index >= 15 is 0 Å². The number of amides is 1. The number of nitrogens with zero attached hydrogens (tertiary/aromatic N) is 1. The van der Waals surface area contributed by atoms with E-state index in [9.17, 15) is 19.1 Å². The van der Waals surface area contributed by atoms with Crippen molar-refractivity contribution in [3.63, 3.8) is 0 Å². The van der Waals surface area contributed by atoms with Gasteiger partial charge in [0.25, 0.3) is 5.91 Å². The highest BCUT2D eigenvalue weighted by molar-refractivity contribution is 5.97. The lowest BCUT2D eigenvalue weighted by Crippen LogP contribution is -2.53. The molecule has 0 bridgehead atoms. The largest absolute Gasteiger partial charge is 0.480 e. The molecule has 0 saturated carbocycles. The van der Waals surface area contributed by atoms with Crippen LogP contribution >= 0.6 is 0 Å². The summed E-state index contributed by atoms with van der Waals surface area (Å²) in [7, 11) is 0. The second-order valence-corrected chi connectivity index (χ2v) is 3.92. The highest BCUT2D eigenvalue weighted by Gasteiger charge is 2.36. The molecular weight excluding hydrogens is 239 g/mol. The average molecular weight is 254 g/mol. The number of carbonyl (C=O) groups excluding carboxylic acids is 1. The van der Waals surface area contributed by atoms with Crippen LogP contribution in [0.2, 0.25) is 0 Å². The number of hydrogen-bond acceptors (Lipinski definition) is 3. The van der Waals surface area contributed by atoms with E-state index in [2.05, 4.69) is 10.3 Å². The molecular formula is C12H15FN2O3. The Bertz CT molecular complexity index is 441. The first kappa shape index (κ1) is 14.1. The van der Waals surface area contributed by atoms with E-state index in [-0.39, 0.29) is 18.4 Å². The summed E-state index contributed by atoms with van der Waals surface area (Å²) in [5, 5.41) is 11.6. The van der Waals surface area contributed by atoms with Crippen LogP contribution in [0.4, 0.5) is 4.39 Å². The number of halogens is 1. The lowest BCUT2D eigenvalue weighted by molar-refractivity contribution is -0.144. The zero-order valence-corrected chi connectivity index (χ0v) is 10.2. The van der Waals surface area contributed by atoms with Gasteiger partial charge in [0, 0.05) is 6.20 Å². The quantitative estimate of drug-likeness (QED) is 0.782. The Hall–Kier alpha value is -1.98. The molecule has 0 aromatic carbocycles. The van der Waals surface area contributed by atoms with Crippen LogP contribution in [-0.4, -0.2) is 27.5 Å². The molecule has 0 spiro atoms. The molecule has 1 aromatic rings. The number of carbonyl (C=O) groups is 2. The predicted molar refractivity (Wildman–Crippen MR) is 62.6 cm³/mol. The fraction of sp³-hybridized carbons (Fsp3) is 0.417. The Labute approximate surface area is 104 Å². The lowest BCUT2D eigenvalue weighted by atomic mass is 9.92. The minimum atomic E-state index is -1.30. The third-order valence-corrected chi connectivity index (χ3v) is 2.96. The first-order chi connectivity index (χ1) is 8.45. The normalized spacial score (nSPS) is 11.1. The standard InChI is InChI=1S/C12H15FN2O3/c1-3-12(4-2,11(17)18)15-10(16)8-5-6-9(13)14-7-8/h5-7H,3-4H2,1-2H3,(H,15,16)(H,17,18). The lowest BCUT2D eigenvalue weighted by Gasteiger charge is -2.27. The average Bonchev–Trinajstić information content (AvgIpc) is 2.36. The summed E-state index contributed by atoms with van der Waals surface area (Å²) in [6.45, 7) is 3.36. The van der Waals surface area contributed by atoms with Crippen LogP contribution in [0.3, 0.4) is 0 Å². The Morgan fingerprint density at radius 3 is 2.39 bits per heavy atom. The maximum absolute atomic E-state index is 12.6. The zero-order chi connectivity index (χ0) is 13.8. The van der Waals surface area contributed by atoms with Gasteiger partial charge in [-0.15, -0.1) is 0 Å². The molecule has 0 fully saturated rings. The second kappa shape index (κ2) is 5.57. The van der Waals surface area contributed by atoms with E-state index in [4.69, 9.17) is 0 Å². The van der Waals surface area contributed by atoms with Crippen molar-refractivity contribution in [3.05, 3.63) is 29.8 Å². The molecule has 1 amide bonds. The van der Waals surface area contributed by atoms with E-state index in [1.54, 1.807) is 13.8 Å². The van der Waals surface area contributed by atoms with Gasteiger partial charge >= 0.3 is 5.97 Å². The summed E-state index contributed by atoms with van der Waals surface area (Å²) in [5.41, 5.74) is -1.17. The van der Waals surface area contributed by atoms with Gasteiger partial charge in [-0.25, -0.2) is 9.78 Å². The van der Waals surface area contributed by atoms with E-state index in [1.165, 1.54) is 6.07 Å². The fourth-order valence-corrected chi connectivity index (χ4v) is 1.58. The van der Waals surface area contributed by atoms with E-state index in [1.807, 2.05) is 0 Å². The zero-order valence-electron chi connectivity index (χ0n) is 10.2. The number of rotatable bonds is 5. The van der Waals surface area contributed by atoms with Gasteiger partial charge in [0.05, 0.1) is 5.56 Å². The summed E-state index contributed by atoms with van der Waals surface area (Å²) in [5.74, 6) is -2.36. The SMILES string of the molecule is CCC(CC)(NC(=O)c1ccc(F)nc1)C(=O)O. The third kappa shape index (κ3) is 2.82. The molecule has 1 aromatic heterocycles. The molecule has 0 radical (unpaired) electrons. The van der Waals surface area contributed by atoms with Crippen LogP contribution in [0.15, 0.2) is 18.3 Å². The summed E-state index contributed by atoms with van der Waals surface area (Å²) in [4.78, 5) is 26.4. The van der Waals surface area contributed by atoms with E-state index in [0.717, 1.165) is 12.3 Å². The Kier molecular flexibility index (Phi) is 4.36. The van der Waals surface area contributed by atoms with Crippen molar-refractivity contribution < 1.29 is 19.1 Å². The van der Waals surface area contributed by atoms with Crippen LogP contribution in [0.25, 0.3) is 0 Å². The van der Waals surface area contributed by atoms with E-state index in [0.29, 0.717) is 0 Å². The van der Waals surface area contributed by atoms with Gasteiger partial charge < -0.3 is 10.4 Å². The minimum Gasteiger partial charge on any atom is -0.480 e. The summed E-state index contributed by atoms with van der Waals surface area (Å²) >= 11 is 0. The molecule has 0 aliphatic carbocycles. The van der Waals surface area contributed by atoms with Crippen LogP contribution in [0.5, 0.6) is 0 Å². The van der Waals surface area contributed by atoms with Gasteiger partial charge in [0.2, 0.25) is 5.95 Å². The Morgan fingerprint density at radius 1 is 1.39 bits per heavy atom. The van der Waals surface area contributed by atoms with Crippen LogP contribution in [-0.2, 0) is 4.79 Å². The predicted octanol–water partition coefficient (Wildman–Crippen LogP) is 1.59. The summed E-state index contributed by atoms with van der Waals surface area (Å²) in [6, 6.07) is 2.31. The van der Waals surface area contributed by atoms with E-state index < -0.39 is 23.4 Å². The molecule has 0 unspecified atom stereocenters. The molecule has 0 aliphatic heterocycles. The number of aromatic nitrogens is 1. The Morgan fingerprint density at radius 2 is 2.00 bits per heavy atom. The number of nitrogens with one attached hydrogen (secondary N) is 1. The van der Waals surface area contributed by atoms with Gasteiger partial charge in [-0.3, -0.25) is 4.79 Å². The second-order valence-electron chi connectivity index (χ2n) is 3.92. The molecule has 0 saturated heterocycles. The molecule has 1 heterocycles. The van der Waals surface area contributed by atoms with Crippen molar-refractivity contribution in [1.82, 2.24) is 10.3 Å². The van der Waals surface area contributed by atoms with Crippen molar-refractivity contribution in [3.8, 4) is 0 Å². The highest BCUT2D eigenvalue weighted by atomic mass is 19.1. The number of pyridine rings is 1. The van der Waals surface area contributed by atoms with Crippen molar-refractivity contribution in [2.75, 3.05) is 0 Å². The topological polar surface area (TPSA) is 79.3 Å². The van der Waals surface area contributed by atoms with Gasteiger partial charge in [-0.2, -0.15) is 4.39 Å². The molecule has 5 nitrogen and oxygen atoms in total. The molecule has 98 valence electrons. The molecule has 0 atom stereocenters. The summed E-state index contributed by atoms with van der Waals surface area (Å²) in [6.07, 6.45) is 1.60. The highest BCUT2D eigenvalue weighted by Crippen LogP contribution is 2.16. The smallest absolute Gasteiger partial charge is 0.329 e. The first-order valence-electron chi connectivity index (χ1n) is 5.62. The summed E-state index contributed by atoms with van der Waals surface area (Å²) < 4.78 is 12.6. The van der Waals surface area contributed by atoms with Crippen molar-refractivity contribution in [2.24, 2.45) is 0 Å². The number of hydrogen-bond donors (Lipinski definition) is 2. The van der Waals surface area contributed by atoms with Gasteiger partial charge in [-0.1, -0.05) is 13.8 Å².